The van der Waals surface area contributed by atoms with E-state index in [0.29, 0.717) is 5.56 Å². The van der Waals surface area contributed by atoms with Crippen LogP contribution in [0.1, 0.15) is 17.4 Å². The SMILES string of the molecule is Cc1cc([N+](=O)[O-])cnc1C(O)C(O)CO. The zero-order valence-electron chi connectivity index (χ0n) is 8.57. The van der Waals surface area contributed by atoms with Crippen molar-refractivity contribution in [1.82, 2.24) is 4.98 Å². The molecule has 88 valence electrons. The van der Waals surface area contributed by atoms with E-state index in [1.807, 2.05) is 0 Å². The lowest BCUT2D eigenvalue weighted by Crippen LogP contribution is -2.23. The highest BCUT2D eigenvalue weighted by molar-refractivity contribution is 5.34. The summed E-state index contributed by atoms with van der Waals surface area (Å²) in [7, 11) is 0. The largest absolute Gasteiger partial charge is 0.394 e. The second-order valence-electron chi connectivity index (χ2n) is 3.35. The Balaban J connectivity index is 3.03. The van der Waals surface area contributed by atoms with Gasteiger partial charge in [-0.1, -0.05) is 0 Å². The third-order valence-corrected chi connectivity index (χ3v) is 2.15. The van der Waals surface area contributed by atoms with Gasteiger partial charge in [-0.05, 0) is 12.5 Å². The summed E-state index contributed by atoms with van der Waals surface area (Å²) in [5.41, 5.74) is 0.313. The van der Waals surface area contributed by atoms with Gasteiger partial charge in [0.05, 0.1) is 17.2 Å². The number of rotatable bonds is 4. The van der Waals surface area contributed by atoms with Gasteiger partial charge in [0, 0.05) is 6.07 Å². The van der Waals surface area contributed by atoms with Gasteiger partial charge in [-0.15, -0.1) is 0 Å². The molecule has 1 heterocycles. The van der Waals surface area contributed by atoms with Crippen LogP contribution in [0.2, 0.25) is 0 Å². The molecule has 0 saturated carbocycles. The third-order valence-electron chi connectivity index (χ3n) is 2.15. The Morgan fingerprint density at radius 3 is 2.62 bits per heavy atom. The summed E-state index contributed by atoms with van der Waals surface area (Å²) in [6, 6.07) is 1.25. The molecular formula is C9H12N2O5. The molecule has 0 radical (unpaired) electrons. The van der Waals surface area contributed by atoms with Crippen molar-refractivity contribution in [2.75, 3.05) is 6.61 Å². The van der Waals surface area contributed by atoms with Gasteiger partial charge in [-0.3, -0.25) is 15.1 Å². The minimum Gasteiger partial charge on any atom is -0.394 e. The van der Waals surface area contributed by atoms with Crippen LogP contribution in [0.25, 0.3) is 0 Å². The van der Waals surface area contributed by atoms with E-state index in [1.54, 1.807) is 0 Å². The van der Waals surface area contributed by atoms with Crippen LogP contribution >= 0.6 is 0 Å². The Kier molecular flexibility index (Phi) is 3.88. The van der Waals surface area contributed by atoms with Crippen LogP contribution in [-0.2, 0) is 0 Å². The predicted molar refractivity (Wildman–Crippen MR) is 53.7 cm³/mol. The fourth-order valence-corrected chi connectivity index (χ4v) is 1.26. The van der Waals surface area contributed by atoms with Crippen molar-refractivity contribution in [3.8, 4) is 0 Å². The van der Waals surface area contributed by atoms with Gasteiger partial charge in [0.1, 0.15) is 18.4 Å². The first-order valence-corrected chi connectivity index (χ1v) is 4.55. The Bertz CT molecular complexity index is 395. The molecule has 1 aromatic rings. The van der Waals surface area contributed by atoms with Crippen LogP contribution in [0.4, 0.5) is 5.69 Å². The molecule has 0 fully saturated rings. The normalized spacial score (nSPS) is 14.5. The van der Waals surface area contributed by atoms with Crippen molar-refractivity contribution in [2.24, 2.45) is 0 Å². The molecule has 2 unspecified atom stereocenters. The van der Waals surface area contributed by atoms with E-state index < -0.39 is 23.7 Å². The Morgan fingerprint density at radius 2 is 2.19 bits per heavy atom. The van der Waals surface area contributed by atoms with E-state index in [2.05, 4.69) is 4.98 Å². The Labute approximate surface area is 91.1 Å². The van der Waals surface area contributed by atoms with Crippen LogP contribution in [-0.4, -0.2) is 37.9 Å². The van der Waals surface area contributed by atoms with Crippen LogP contribution in [0.15, 0.2) is 12.3 Å². The molecule has 7 nitrogen and oxygen atoms in total. The van der Waals surface area contributed by atoms with E-state index in [9.17, 15) is 20.3 Å². The van der Waals surface area contributed by atoms with E-state index in [0.717, 1.165) is 6.20 Å². The number of hydrogen-bond donors (Lipinski definition) is 3. The van der Waals surface area contributed by atoms with E-state index in [-0.39, 0.29) is 11.4 Å². The average Bonchev–Trinajstić information content (AvgIpc) is 2.26. The molecule has 0 aliphatic rings. The Morgan fingerprint density at radius 1 is 1.56 bits per heavy atom. The highest BCUT2D eigenvalue weighted by atomic mass is 16.6. The number of hydrogen-bond acceptors (Lipinski definition) is 6. The van der Waals surface area contributed by atoms with Crippen LogP contribution in [0.5, 0.6) is 0 Å². The summed E-state index contributed by atoms with van der Waals surface area (Å²) in [6.07, 6.45) is -1.71. The topological polar surface area (TPSA) is 117 Å². The lowest BCUT2D eigenvalue weighted by Gasteiger charge is -2.16. The van der Waals surface area contributed by atoms with Crippen molar-refractivity contribution in [3.05, 3.63) is 33.6 Å². The number of aliphatic hydroxyl groups excluding tert-OH is 3. The lowest BCUT2D eigenvalue weighted by atomic mass is 10.1. The quantitative estimate of drug-likeness (QED) is 0.480. The van der Waals surface area contributed by atoms with Gasteiger partial charge in [-0.25, -0.2) is 0 Å². The van der Waals surface area contributed by atoms with Gasteiger partial charge in [-0.2, -0.15) is 0 Å². The summed E-state index contributed by atoms with van der Waals surface area (Å²) in [5.74, 6) is 0. The highest BCUT2D eigenvalue weighted by Gasteiger charge is 2.22. The van der Waals surface area contributed by atoms with E-state index in [1.165, 1.54) is 13.0 Å². The number of aromatic nitrogens is 1. The number of aliphatic hydroxyl groups is 3. The molecule has 0 saturated heterocycles. The number of aryl methyl sites for hydroxylation is 1. The molecule has 1 aromatic heterocycles. The maximum atomic E-state index is 10.4. The van der Waals surface area contributed by atoms with Crippen molar-refractivity contribution >= 4 is 5.69 Å². The third kappa shape index (κ3) is 2.51. The van der Waals surface area contributed by atoms with Gasteiger partial charge < -0.3 is 15.3 Å². The molecule has 0 aromatic carbocycles. The first kappa shape index (κ1) is 12.5. The molecule has 0 spiro atoms. The van der Waals surface area contributed by atoms with Crippen LogP contribution in [0, 0.1) is 17.0 Å². The summed E-state index contributed by atoms with van der Waals surface area (Å²) in [6.45, 7) is 0.919. The van der Waals surface area contributed by atoms with Crippen molar-refractivity contribution in [3.63, 3.8) is 0 Å². The van der Waals surface area contributed by atoms with Gasteiger partial charge >= 0.3 is 0 Å². The average molecular weight is 228 g/mol. The maximum Gasteiger partial charge on any atom is 0.287 e. The molecule has 0 aliphatic carbocycles. The molecule has 2 atom stereocenters. The zero-order valence-corrected chi connectivity index (χ0v) is 8.57. The summed E-state index contributed by atoms with van der Waals surface area (Å²) < 4.78 is 0. The van der Waals surface area contributed by atoms with Gasteiger partial charge in [0.2, 0.25) is 0 Å². The zero-order chi connectivity index (χ0) is 12.3. The Hall–Kier alpha value is -1.57. The van der Waals surface area contributed by atoms with Crippen LogP contribution < -0.4 is 0 Å². The molecule has 0 amide bonds. The van der Waals surface area contributed by atoms with E-state index >= 15 is 0 Å². The molecule has 16 heavy (non-hydrogen) atoms. The second-order valence-corrected chi connectivity index (χ2v) is 3.35. The summed E-state index contributed by atoms with van der Waals surface area (Å²) in [4.78, 5) is 13.5. The first-order valence-electron chi connectivity index (χ1n) is 4.55. The molecular weight excluding hydrogens is 216 g/mol. The highest BCUT2D eigenvalue weighted by Crippen LogP contribution is 2.21. The minimum absolute atomic E-state index is 0.118. The summed E-state index contributed by atoms with van der Waals surface area (Å²) >= 11 is 0. The fraction of sp³-hybridized carbons (Fsp3) is 0.444. The fourth-order valence-electron chi connectivity index (χ4n) is 1.26. The summed E-state index contributed by atoms with van der Waals surface area (Å²) in [5, 5.41) is 37.9. The monoisotopic (exact) mass is 228 g/mol. The van der Waals surface area contributed by atoms with Gasteiger partial charge in [0.15, 0.2) is 0 Å². The van der Waals surface area contributed by atoms with Crippen molar-refractivity contribution in [2.45, 2.75) is 19.1 Å². The van der Waals surface area contributed by atoms with Crippen molar-refractivity contribution < 1.29 is 20.2 Å². The number of nitrogens with zero attached hydrogens (tertiary/aromatic N) is 2. The second kappa shape index (κ2) is 4.97. The van der Waals surface area contributed by atoms with Gasteiger partial charge in [0.25, 0.3) is 5.69 Å². The standard InChI is InChI=1S/C9H12N2O5/c1-5-2-6(11(15)16)3-10-8(5)9(14)7(13)4-12/h2-3,7,9,12-14H,4H2,1H3. The molecule has 0 bridgehead atoms. The van der Waals surface area contributed by atoms with Crippen LogP contribution in [0.3, 0.4) is 0 Å². The number of pyridine rings is 1. The molecule has 7 heteroatoms. The van der Waals surface area contributed by atoms with Crippen molar-refractivity contribution in [1.29, 1.82) is 0 Å². The molecule has 1 rings (SSSR count). The molecule has 3 N–H and O–H groups in total. The predicted octanol–water partition coefficient (Wildman–Crippen LogP) is -0.315. The first-order chi connectivity index (χ1) is 7.47. The number of nitro groups is 1. The smallest absolute Gasteiger partial charge is 0.287 e. The minimum atomic E-state index is -1.36. The van der Waals surface area contributed by atoms with E-state index in [4.69, 9.17) is 5.11 Å². The molecule has 0 aliphatic heterocycles. The lowest BCUT2D eigenvalue weighted by molar-refractivity contribution is -0.385. The maximum absolute atomic E-state index is 10.4.